The van der Waals surface area contributed by atoms with E-state index in [0.717, 1.165) is 16.9 Å². The molecule has 5 heteroatoms. The van der Waals surface area contributed by atoms with Gasteiger partial charge in [-0.25, -0.2) is 0 Å². The number of ether oxygens (including phenoxy) is 2. The lowest BCUT2D eigenvalue weighted by Crippen LogP contribution is -2.37. The van der Waals surface area contributed by atoms with Gasteiger partial charge in [-0.1, -0.05) is 18.2 Å². The number of rotatable bonds is 9. The molecule has 0 spiro atoms. The molecule has 0 aliphatic heterocycles. The molecule has 0 heterocycles. The number of methoxy groups -OCH3 is 1. The van der Waals surface area contributed by atoms with Crippen LogP contribution in [0.1, 0.15) is 11.1 Å². The standard InChI is InChI=1S/C15H25NO4/c1-11-5-4-6-12(2)15(11)20-10-14(18)8-16-7-13(17)9-19-3/h4-6,13-14,16-18H,7-10H2,1-3H3. The highest BCUT2D eigenvalue weighted by atomic mass is 16.5. The molecule has 0 saturated carbocycles. The summed E-state index contributed by atoms with van der Waals surface area (Å²) in [5, 5.41) is 22.3. The molecule has 0 saturated heterocycles. The number of hydrogen-bond acceptors (Lipinski definition) is 5. The number of benzene rings is 1. The van der Waals surface area contributed by atoms with Crippen LogP contribution in [-0.4, -0.2) is 55.8 Å². The largest absolute Gasteiger partial charge is 0.490 e. The Morgan fingerprint density at radius 1 is 1.05 bits per heavy atom. The van der Waals surface area contributed by atoms with E-state index in [4.69, 9.17) is 9.47 Å². The number of hydrogen-bond donors (Lipinski definition) is 3. The molecule has 0 aliphatic carbocycles. The fourth-order valence-corrected chi connectivity index (χ4v) is 1.93. The van der Waals surface area contributed by atoms with E-state index in [1.165, 1.54) is 7.11 Å². The van der Waals surface area contributed by atoms with Crippen molar-refractivity contribution < 1.29 is 19.7 Å². The Labute approximate surface area is 120 Å². The van der Waals surface area contributed by atoms with E-state index < -0.39 is 12.2 Å². The molecule has 1 aromatic carbocycles. The molecule has 0 fully saturated rings. The van der Waals surface area contributed by atoms with Gasteiger partial charge in [-0.15, -0.1) is 0 Å². The normalized spacial score (nSPS) is 14.1. The first-order chi connectivity index (χ1) is 9.54. The van der Waals surface area contributed by atoms with Gasteiger partial charge in [-0.3, -0.25) is 0 Å². The third kappa shape index (κ3) is 5.88. The van der Waals surface area contributed by atoms with Crippen molar-refractivity contribution in [2.45, 2.75) is 26.1 Å². The van der Waals surface area contributed by atoms with Crippen LogP contribution in [0.15, 0.2) is 18.2 Å². The van der Waals surface area contributed by atoms with Crippen LogP contribution in [0.3, 0.4) is 0 Å². The summed E-state index contributed by atoms with van der Waals surface area (Å²) < 4.78 is 10.5. The zero-order valence-corrected chi connectivity index (χ0v) is 12.4. The second-order valence-corrected chi connectivity index (χ2v) is 4.95. The third-order valence-electron chi connectivity index (χ3n) is 2.95. The summed E-state index contributed by atoms with van der Waals surface area (Å²) in [6.45, 7) is 5.21. The highest BCUT2D eigenvalue weighted by Crippen LogP contribution is 2.22. The van der Waals surface area contributed by atoms with Crippen molar-refractivity contribution in [1.82, 2.24) is 5.32 Å². The predicted octanol–water partition coefficient (Wildman–Crippen LogP) is 0.640. The minimum Gasteiger partial charge on any atom is -0.490 e. The predicted molar refractivity (Wildman–Crippen MR) is 78.2 cm³/mol. The molecular formula is C15H25NO4. The topological polar surface area (TPSA) is 71.0 Å². The van der Waals surface area contributed by atoms with E-state index in [0.29, 0.717) is 13.1 Å². The lowest BCUT2D eigenvalue weighted by atomic mass is 10.1. The van der Waals surface area contributed by atoms with Crippen LogP contribution in [0.25, 0.3) is 0 Å². The average molecular weight is 283 g/mol. The molecule has 0 aliphatic rings. The second kappa shape index (κ2) is 8.92. The van der Waals surface area contributed by atoms with Gasteiger partial charge < -0.3 is 25.0 Å². The first-order valence-corrected chi connectivity index (χ1v) is 6.79. The Morgan fingerprint density at radius 3 is 2.15 bits per heavy atom. The Bertz CT molecular complexity index is 377. The van der Waals surface area contributed by atoms with Gasteiger partial charge in [0.15, 0.2) is 0 Å². The van der Waals surface area contributed by atoms with Crippen molar-refractivity contribution in [1.29, 1.82) is 0 Å². The lowest BCUT2D eigenvalue weighted by Gasteiger charge is -2.17. The minimum atomic E-state index is -0.622. The maximum absolute atomic E-state index is 9.83. The Hall–Kier alpha value is -1.14. The molecule has 0 bridgehead atoms. The summed E-state index contributed by atoms with van der Waals surface area (Å²) in [4.78, 5) is 0. The summed E-state index contributed by atoms with van der Waals surface area (Å²) in [6, 6.07) is 5.94. The van der Waals surface area contributed by atoms with Crippen LogP contribution in [0.2, 0.25) is 0 Å². The highest BCUT2D eigenvalue weighted by Gasteiger charge is 2.09. The molecule has 20 heavy (non-hydrogen) atoms. The van der Waals surface area contributed by atoms with E-state index in [9.17, 15) is 10.2 Å². The molecule has 5 nitrogen and oxygen atoms in total. The molecule has 2 unspecified atom stereocenters. The van der Waals surface area contributed by atoms with Crippen LogP contribution in [-0.2, 0) is 4.74 Å². The Balaban J connectivity index is 2.28. The van der Waals surface area contributed by atoms with Gasteiger partial charge in [0.2, 0.25) is 0 Å². The molecule has 0 radical (unpaired) electrons. The number of aliphatic hydroxyl groups excluding tert-OH is 2. The fourth-order valence-electron chi connectivity index (χ4n) is 1.93. The summed E-state index contributed by atoms with van der Waals surface area (Å²) in [5.41, 5.74) is 2.11. The lowest BCUT2D eigenvalue weighted by molar-refractivity contribution is 0.0581. The van der Waals surface area contributed by atoms with Gasteiger partial charge in [0, 0.05) is 20.2 Å². The zero-order chi connectivity index (χ0) is 15.0. The van der Waals surface area contributed by atoms with E-state index in [-0.39, 0.29) is 13.2 Å². The van der Waals surface area contributed by atoms with Gasteiger partial charge in [-0.2, -0.15) is 0 Å². The summed E-state index contributed by atoms with van der Waals surface area (Å²) >= 11 is 0. The molecule has 3 N–H and O–H groups in total. The molecule has 0 amide bonds. The second-order valence-electron chi connectivity index (χ2n) is 4.95. The van der Waals surface area contributed by atoms with Crippen molar-refractivity contribution in [3.63, 3.8) is 0 Å². The van der Waals surface area contributed by atoms with Gasteiger partial charge in [0.05, 0.1) is 12.7 Å². The minimum absolute atomic E-state index is 0.221. The zero-order valence-electron chi connectivity index (χ0n) is 12.4. The van der Waals surface area contributed by atoms with Crippen LogP contribution in [0, 0.1) is 13.8 Å². The van der Waals surface area contributed by atoms with E-state index in [1.807, 2.05) is 32.0 Å². The molecular weight excluding hydrogens is 258 g/mol. The van der Waals surface area contributed by atoms with Crippen molar-refractivity contribution >= 4 is 0 Å². The van der Waals surface area contributed by atoms with Crippen LogP contribution >= 0.6 is 0 Å². The quantitative estimate of drug-likeness (QED) is 0.620. The smallest absolute Gasteiger partial charge is 0.125 e. The van der Waals surface area contributed by atoms with Crippen LogP contribution in [0.5, 0.6) is 5.75 Å². The highest BCUT2D eigenvalue weighted by molar-refractivity contribution is 5.39. The SMILES string of the molecule is COCC(O)CNCC(O)COc1c(C)cccc1C. The van der Waals surface area contributed by atoms with Crippen LogP contribution in [0.4, 0.5) is 0 Å². The number of nitrogens with one attached hydrogen (secondary N) is 1. The van der Waals surface area contributed by atoms with Gasteiger partial charge >= 0.3 is 0 Å². The van der Waals surface area contributed by atoms with Crippen molar-refractivity contribution in [2.24, 2.45) is 0 Å². The fraction of sp³-hybridized carbons (Fsp3) is 0.600. The number of para-hydroxylation sites is 1. The van der Waals surface area contributed by atoms with Crippen LogP contribution < -0.4 is 10.1 Å². The van der Waals surface area contributed by atoms with Crippen molar-refractivity contribution in [3.05, 3.63) is 29.3 Å². The summed E-state index contributed by atoms with van der Waals surface area (Å²) in [6.07, 6.45) is -1.18. The molecule has 1 rings (SSSR count). The molecule has 2 atom stereocenters. The van der Waals surface area contributed by atoms with Gasteiger partial charge in [0.1, 0.15) is 18.5 Å². The average Bonchev–Trinajstić information content (AvgIpc) is 2.38. The first kappa shape index (κ1) is 16.9. The van der Waals surface area contributed by atoms with Crippen molar-refractivity contribution in [2.75, 3.05) is 33.4 Å². The van der Waals surface area contributed by atoms with Crippen molar-refractivity contribution in [3.8, 4) is 5.75 Å². The number of aryl methyl sites for hydroxylation is 2. The summed E-state index contributed by atoms with van der Waals surface area (Å²) in [5.74, 6) is 0.825. The van der Waals surface area contributed by atoms with E-state index in [1.54, 1.807) is 0 Å². The Kier molecular flexibility index (Phi) is 7.54. The monoisotopic (exact) mass is 283 g/mol. The maximum atomic E-state index is 9.83. The number of aliphatic hydroxyl groups is 2. The van der Waals surface area contributed by atoms with Gasteiger partial charge in [-0.05, 0) is 25.0 Å². The van der Waals surface area contributed by atoms with E-state index in [2.05, 4.69) is 5.32 Å². The van der Waals surface area contributed by atoms with E-state index >= 15 is 0 Å². The Morgan fingerprint density at radius 2 is 1.60 bits per heavy atom. The summed E-state index contributed by atoms with van der Waals surface area (Å²) in [7, 11) is 1.54. The maximum Gasteiger partial charge on any atom is 0.125 e. The molecule has 1 aromatic rings. The third-order valence-corrected chi connectivity index (χ3v) is 2.95. The molecule has 0 aromatic heterocycles. The van der Waals surface area contributed by atoms with Gasteiger partial charge in [0.25, 0.3) is 0 Å². The first-order valence-electron chi connectivity index (χ1n) is 6.79. The molecule has 114 valence electrons.